The van der Waals surface area contributed by atoms with Gasteiger partial charge in [0.1, 0.15) is 5.82 Å². The number of nitrogens with zero attached hydrogens (tertiary/aromatic N) is 1. The van der Waals surface area contributed by atoms with E-state index in [1.807, 2.05) is 42.1 Å². The van der Waals surface area contributed by atoms with Gasteiger partial charge in [-0.05, 0) is 30.2 Å². The van der Waals surface area contributed by atoms with E-state index in [2.05, 4.69) is 5.32 Å². The second kappa shape index (κ2) is 6.02. The first-order valence-electron chi connectivity index (χ1n) is 7.22. The second-order valence-electron chi connectivity index (χ2n) is 5.30. The van der Waals surface area contributed by atoms with Gasteiger partial charge in [-0.1, -0.05) is 30.3 Å². The lowest BCUT2D eigenvalue weighted by Crippen LogP contribution is -2.25. The molecule has 0 bridgehead atoms. The van der Waals surface area contributed by atoms with Crippen molar-refractivity contribution in [3.63, 3.8) is 0 Å². The third kappa shape index (κ3) is 2.86. The minimum Gasteiger partial charge on any atom is -0.352 e. The molecule has 0 atom stereocenters. The highest BCUT2D eigenvalue weighted by Gasteiger charge is 2.12. The van der Waals surface area contributed by atoms with E-state index < -0.39 is 0 Å². The summed E-state index contributed by atoms with van der Waals surface area (Å²) >= 11 is 0. The smallest absolute Gasteiger partial charge is 0.253 e. The van der Waals surface area contributed by atoms with E-state index in [0.29, 0.717) is 18.5 Å². The van der Waals surface area contributed by atoms with Gasteiger partial charge in [-0.25, -0.2) is 4.39 Å². The van der Waals surface area contributed by atoms with E-state index in [-0.39, 0.29) is 11.7 Å². The van der Waals surface area contributed by atoms with Crippen LogP contribution in [0.1, 0.15) is 15.9 Å². The summed E-state index contributed by atoms with van der Waals surface area (Å²) in [5.74, 6) is -0.331. The van der Waals surface area contributed by atoms with Gasteiger partial charge in [0, 0.05) is 30.7 Å². The summed E-state index contributed by atoms with van der Waals surface area (Å²) < 4.78 is 14.8. The van der Waals surface area contributed by atoms with Gasteiger partial charge in [-0.15, -0.1) is 0 Å². The molecule has 0 aliphatic heterocycles. The van der Waals surface area contributed by atoms with Crippen molar-refractivity contribution in [3.05, 3.63) is 71.7 Å². The van der Waals surface area contributed by atoms with Crippen LogP contribution in [0.5, 0.6) is 0 Å². The van der Waals surface area contributed by atoms with Gasteiger partial charge in [-0.3, -0.25) is 4.79 Å². The van der Waals surface area contributed by atoms with E-state index in [1.54, 1.807) is 12.1 Å². The fourth-order valence-corrected chi connectivity index (χ4v) is 2.59. The first-order valence-corrected chi connectivity index (χ1v) is 7.22. The number of aromatic nitrogens is 1. The van der Waals surface area contributed by atoms with E-state index >= 15 is 0 Å². The number of halogens is 1. The molecule has 0 saturated heterocycles. The number of para-hydroxylation sites is 1. The van der Waals surface area contributed by atoms with Crippen LogP contribution in [-0.4, -0.2) is 17.0 Å². The highest BCUT2D eigenvalue weighted by molar-refractivity contribution is 6.06. The Bertz CT molecular complexity index is 806. The molecule has 2 aromatic carbocycles. The normalized spacial score (nSPS) is 10.8. The van der Waals surface area contributed by atoms with E-state index in [0.717, 1.165) is 16.5 Å². The lowest BCUT2D eigenvalue weighted by atomic mass is 10.1. The first-order chi connectivity index (χ1) is 10.6. The van der Waals surface area contributed by atoms with Crippen molar-refractivity contribution in [3.8, 4) is 0 Å². The van der Waals surface area contributed by atoms with E-state index in [4.69, 9.17) is 0 Å². The summed E-state index contributed by atoms with van der Waals surface area (Å²) in [6.07, 6.45) is 2.52. The fraction of sp³-hybridized carbons (Fsp3) is 0.167. The Kier molecular flexibility index (Phi) is 3.92. The highest BCUT2D eigenvalue weighted by atomic mass is 19.1. The number of hydrogen-bond donors (Lipinski definition) is 1. The van der Waals surface area contributed by atoms with Crippen LogP contribution in [0.4, 0.5) is 4.39 Å². The molecule has 4 heteroatoms. The van der Waals surface area contributed by atoms with Crippen LogP contribution in [0.15, 0.2) is 54.7 Å². The molecule has 3 aromatic rings. The molecule has 112 valence electrons. The number of nitrogens with one attached hydrogen (secondary N) is 1. The van der Waals surface area contributed by atoms with Gasteiger partial charge in [0.15, 0.2) is 0 Å². The molecule has 0 aliphatic rings. The van der Waals surface area contributed by atoms with Crippen molar-refractivity contribution in [1.82, 2.24) is 9.88 Å². The number of rotatable bonds is 4. The van der Waals surface area contributed by atoms with Crippen molar-refractivity contribution in [2.75, 3.05) is 6.54 Å². The maximum absolute atomic E-state index is 12.8. The molecule has 1 aromatic heterocycles. The molecule has 0 radical (unpaired) electrons. The Labute approximate surface area is 128 Å². The van der Waals surface area contributed by atoms with Crippen LogP contribution in [0.25, 0.3) is 10.9 Å². The molecule has 1 heterocycles. The Morgan fingerprint density at radius 3 is 2.64 bits per heavy atom. The molecule has 1 N–H and O–H groups in total. The molecular weight excluding hydrogens is 279 g/mol. The third-order valence-corrected chi connectivity index (χ3v) is 3.75. The quantitative estimate of drug-likeness (QED) is 0.787. The monoisotopic (exact) mass is 296 g/mol. The third-order valence-electron chi connectivity index (χ3n) is 3.75. The lowest BCUT2D eigenvalue weighted by Gasteiger charge is -2.04. The summed E-state index contributed by atoms with van der Waals surface area (Å²) in [5, 5.41) is 3.87. The van der Waals surface area contributed by atoms with Crippen LogP contribution >= 0.6 is 0 Å². The zero-order valence-corrected chi connectivity index (χ0v) is 12.3. The van der Waals surface area contributed by atoms with Crippen molar-refractivity contribution < 1.29 is 9.18 Å². The summed E-state index contributed by atoms with van der Waals surface area (Å²) in [6, 6.07) is 14.2. The van der Waals surface area contributed by atoms with Crippen LogP contribution in [0.2, 0.25) is 0 Å². The predicted molar refractivity (Wildman–Crippen MR) is 85.4 cm³/mol. The van der Waals surface area contributed by atoms with Crippen LogP contribution in [-0.2, 0) is 13.5 Å². The summed E-state index contributed by atoms with van der Waals surface area (Å²) in [6.45, 7) is 0.522. The first kappa shape index (κ1) is 14.3. The molecule has 3 rings (SSSR count). The maximum Gasteiger partial charge on any atom is 0.253 e. The molecule has 0 saturated carbocycles. The topological polar surface area (TPSA) is 34.0 Å². The number of carbonyl (C=O) groups excluding carboxylic acids is 1. The predicted octanol–water partition coefficient (Wildman–Crippen LogP) is 3.29. The Morgan fingerprint density at radius 2 is 1.86 bits per heavy atom. The van der Waals surface area contributed by atoms with Crippen molar-refractivity contribution in [1.29, 1.82) is 0 Å². The SMILES string of the molecule is Cn1cc(C(=O)NCCc2ccc(F)cc2)c2ccccc21. The Balaban J connectivity index is 1.67. The van der Waals surface area contributed by atoms with Crippen molar-refractivity contribution in [2.45, 2.75) is 6.42 Å². The van der Waals surface area contributed by atoms with Gasteiger partial charge in [0.2, 0.25) is 0 Å². The van der Waals surface area contributed by atoms with Gasteiger partial charge >= 0.3 is 0 Å². The minimum atomic E-state index is -0.247. The average molecular weight is 296 g/mol. The molecule has 0 fully saturated rings. The van der Waals surface area contributed by atoms with Crippen LogP contribution in [0, 0.1) is 5.82 Å². The van der Waals surface area contributed by atoms with Crippen molar-refractivity contribution in [2.24, 2.45) is 7.05 Å². The van der Waals surface area contributed by atoms with Gasteiger partial charge in [-0.2, -0.15) is 0 Å². The molecule has 3 nitrogen and oxygen atoms in total. The Morgan fingerprint density at radius 1 is 1.14 bits per heavy atom. The highest BCUT2D eigenvalue weighted by Crippen LogP contribution is 2.20. The number of carbonyl (C=O) groups is 1. The molecular formula is C18H17FN2O. The average Bonchev–Trinajstić information content (AvgIpc) is 2.87. The molecule has 0 spiro atoms. The number of amides is 1. The minimum absolute atomic E-state index is 0.0843. The maximum atomic E-state index is 12.8. The summed E-state index contributed by atoms with van der Waals surface area (Å²) in [4.78, 5) is 12.3. The van der Waals surface area contributed by atoms with E-state index in [9.17, 15) is 9.18 Å². The zero-order valence-electron chi connectivity index (χ0n) is 12.3. The standard InChI is InChI=1S/C18H17FN2O/c1-21-12-16(15-4-2-3-5-17(15)21)18(22)20-11-10-13-6-8-14(19)9-7-13/h2-9,12H,10-11H2,1H3,(H,20,22). The number of benzene rings is 2. The van der Waals surface area contributed by atoms with Crippen LogP contribution < -0.4 is 5.32 Å². The van der Waals surface area contributed by atoms with Gasteiger partial charge in [0.05, 0.1) is 5.56 Å². The van der Waals surface area contributed by atoms with Gasteiger partial charge < -0.3 is 9.88 Å². The molecule has 0 unspecified atom stereocenters. The number of fused-ring (bicyclic) bond motifs is 1. The van der Waals surface area contributed by atoms with Crippen molar-refractivity contribution >= 4 is 16.8 Å². The largest absolute Gasteiger partial charge is 0.352 e. The Hall–Kier alpha value is -2.62. The van der Waals surface area contributed by atoms with Gasteiger partial charge in [0.25, 0.3) is 5.91 Å². The van der Waals surface area contributed by atoms with Crippen LogP contribution in [0.3, 0.4) is 0 Å². The summed E-state index contributed by atoms with van der Waals surface area (Å²) in [5.41, 5.74) is 2.71. The number of hydrogen-bond acceptors (Lipinski definition) is 1. The summed E-state index contributed by atoms with van der Waals surface area (Å²) in [7, 11) is 1.93. The van der Waals surface area contributed by atoms with E-state index in [1.165, 1.54) is 12.1 Å². The fourth-order valence-electron chi connectivity index (χ4n) is 2.59. The molecule has 1 amide bonds. The second-order valence-corrected chi connectivity index (χ2v) is 5.30. The number of aryl methyl sites for hydroxylation is 1. The molecule has 22 heavy (non-hydrogen) atoms. The zero-order chi connectivity index (χ0) is 15.5. The molecule has 0 aliphatic carbocycles. The lowest BCUT2D eigenvalue weighted by molar-refractivity contribution is 0.0955.